The molecule has 26 heavy (non-hydrogen) atoms. The number of rotatable bonds is 9. The van der Waals surface area contributed by atoms with E-state index in [1.165, 1.54) is 7.11 Å². The number of hydrogen-bond acceptors (Lipinski definition) is 7. The fourth-order valence-electron chi connectivity index (χ4n) is 2.14. The predicted octanol–water partition coefficient (Wildman–Crippen LogP) is 3.31. The summed E-state index contributed by atoms with van der Waals surface area (Å²) in [5.74, 6) is 0.867. The van der Waals surface area contributed by atoms with E-state index in [9.17, 15) is 4.79 Å². The Morgan fingerprint density at radius 1 is 1.19 bits per heavy atom. The molecule has 0 atom stereocenters. The Hall–Kier alpha value is -2.12. The summed E-state index contributed by atoms with van der Waals surface area (Å²) in [6, 6.07) is 5.34. The topological polar surface area (TPSA) is 83.4 Å². The Kier molecular flexibility index (Phi) is 7.87. The highest BCUT2D eigenvalue weighted by Gasteiger charge is 2.15. The van der Waals surface area contributed by atoms with E-state index in [4.69, 9.17) is 37.4 Å². The maximum absolute atomic E-state index is 11.9. The van der Waals surface area contributed by atoms with E-state index in [0.29, 0.717) is 49.1 Å². The predicted molar refractivity (Wildman–Crippen MR) is 97.4 cm³/mol. The van der Waals surface area contributed by atoms with E-state index in [1.807, 2.05) is 6.92 Å². The summed E-state index contributed by atoms with van der Waals surface area (Å²) in [5, 5.41) is 0.0585. The van der Waals surface area contributed by atoms with E-state index < -0.39 is 5.97 Å². The summed E-state index contributed by atoms with van der Waals surface area (Å²) in [6.45, 7) is 2.64. The molecule has 1 aromatic carbocycles. The van der Waals surface area contributed by atoms with Gasteiger partial charge < -0.3 is 14.2 Å². The van der Waals surface area contributed by atoms with Gasteiger partial charge in [-0.2, -0.15) is 9.97 Å². The monoisotopic (exact) mass is 399 g/mol. The largest absolute Gasteiger partial charge is 0.493 e. The fraction of sp³-hybridized carbons (Fsp3) is 0.412. The summed E-state index contributed by atoms with van der Waals surface area (Å²) >= 11 is 11.6. The van der Waals surface area contributed by atoms with Crippen molar-refractivity contribution in [3.05, 3.63) is 40.4 Å². The molecule has 0 radical (unpaired) electrons. The van der Waals surface area contributed by atoms with Gasteiger partial charge in [-0.1, -0.05) is 6.07 Å². The molecule has 0 spiro atoms. The van der Waals surface area contributed by atoms with Crippen molar-refractivity contribution in [2.75, 3.05) is 26.2 Å². The lowest BCUT2D eigenvalue weighted by Crippen LogP contribution is -2.08. The number of hydrogen-bond donors (Lipinski definition) is 0. The first-order valence-electron chi connectivity index (χ1n) is 8.00. The van der Waals surface area contributed by atoms with Crippen LogP contribution in [0.5, 0.6) is 11.8 Å². The number of methoxy groups -OCH3 is 1. The maximum Gasteiger partial charge on any atom is 0.341 e. The zero-order valence-electron chi connectivity index (χ0n) is 14.5. The van der Waals surface area contributed by atoms with Crippen LogP contribution in [0.25, 0.3) is 0 Å². The van der Waals surface area contributed by atoms with Crippen LogP contribution in [0.1, 0.15) is 35.1 Å². The number of benzene rings is 1. The Morgan fingerprint density at radius 2 is 2.00 bits per heavy atom. The van der Waals surface area contributed by atoms with Crippen LogP contribution in [0.15, 0.2) is 18.2 Å². The zero-order valence-corrected chi connectivity index (χ0v) is 16.0. The highest BCUT2D eigenvalue weighted by molar-refractivity contribution is 6.28. The summed E-state index contributed by atoms with van der Waals surface area (Å²) in [7, 11) is 1.32. The van der Waals surface area contributed by atoms with Crippen LogP contribution in [0.4, 0.5) is 0 Å². The second kappa shape index (κ2) is 10.1. The highest BCUT2D eigenvalue weighted by Crippen LogP contribution is 2.23. The van der Waals surface area contributed by atoms with Gasteiger partial charge in [0.25, 0.3) is 0 Å². The molecule has 1 heterocycles. The average molecular weight is 400 g/mol. The van der Waals surface area contributed by atoms with Gasteiger partial charge in [0.05, 0.1) is 20.3 Å². The van der Waals surface area contributed by atoms with Gasteiger partial charge in [-0.15, -0.1) is 11.6 Å². The standard InChI is InChI=1S/C17H19Cl2N3O4/c1-3-25-17-21-14(20-16(19)22-17)10-11-5-6-12(15(23)24-2)13(9-11)26-8-4-7-18/h5-6,9H,3-4,7-8,10H2,1-2H3. The molecule has 140 valence electrons. The molecule has 1 aromatic heterocycles. The van der Waals surface area contributed by atoms with Gasteiger partial charge in [0.2, 0.25) is 5.28 Å². The molecular weight excluding hydrogens is 381 g/mol. The molecule has 0 aliphatic heterocycles. The van der Waals surface area contributed by atoms with Crippen LogP contribution in [0.2, 0.25) is 5.28 Å². The Labute approximate surface area is 161 Å². The van der Waals surface area contributed by atoms with Crippen molar-refractivity contribution < 1.29 is 19.0 Å². The molecule has 0 aliphatic rings. The first kappa shape index (κ1) is 20.2. The van der Waals surface area contributed by atoms with Gasteiger partial charge >= 0.3 is 12.0 Å². The average Bonchev–Trinajstić information content (AvgIpc) is 2.61. The van der Waals surface area contributed by atoms with Crippen LogP contribution < -0.4 is 9.47 Å². The summed E-state index contributed by atoms with van der Waals surface area (Å²) < 4.78 is 15.7. The van der Waals surface area contributed by atoms with Crippen LogP contribution in [-0.2, 0) is 11.2 Å². The third-order valence-electron chi connectivity index (χ3n) is 3.26. The smallest absolute Gasteiger partial charge is 0.341 e. The molecule has 0 amide bonds. The molecule has 0 saturated carbocycles. The highest BCUT2D eigenvalue weighted by atomic mass is 35.5. The first-order chi connectivity index (χ1) is 12.6. The van der Waals surface area contributed by atoms with E-state index in [1.54, 1.807) is 18.2 Å². The number of nitrogens with zero attached hydrogens (tertiary/aromatic N) is 3. The van der Waals surface area contributed by atoms with Gasteiger partial charge in [0, 0.05) is 12.3 Å². The van der Waals surface area contributed by atoms with Crippen molar-refractivity contribution in [1.29, 1.82) is 0 Å². The molecule has 0 saturated heterocycles. The molecule has 2 aromatic rings. The lowest BCUT2D eigenvalue weighted by molar-refractivity contribution is 0.0596. The molecule has 0 bridgehead atoms. The van der Waals surface area contributed by atoms with Crippen molar-refractivity contribution in [2.45, 2.75) is 19.8 Å². The van der Waals surface area contributed by atoms with Crippen LogP contribution in [-0.4, -0.2) is 47.1 Å². The first-order valence-corrected chi connectivity index (χ1v) is 8.91. The Bertz CT molecular complexity index is 759. The van der Waals surface area contributed by atoms with E-state index in [2.05, 4.69) is 15.0 Å². The van der Waals surface area contributed by atoms with Gasteiger partial charge in [0.15, 0.2) is 0 Å². The number of carbonyl (C=O) groups excluding carboxylic acids is 1. The quantitative estimate of drug-likeness (QED) is 0.363. The van der Waals surface area contributed by atoms with Gasteiger partial charge in [-0.25, -0.2) is 9.78 Å². The third-order valence-corrected chi connectivity index (χ3v) is 3.69. The lowest BCUT2D eigenvalue weighted by Gasteiger charge is -2.12. The van der Waals surface area contributed by atoms with Crippen molar-refractivity contribution in [3.63, 3.8) is 0 Å². The molecule has 9 heteroatoms. The van der Waals surface area contributed by atoms with Gasteiger partial charge in [0.1, 0.15) is 17.1 Å². The summed E-state index contributed by atoms with van der Waals surface area (Å²) in [6.07, 6.45) is 1.03. The molecule has 2 rings (SSSR count). The van der Waals surface area contributed by atoms with Gasteiger partial charge in [-0.05, 0) is 42.6 Å². The number of halogens is 2. The number of aromatic nitrogens is 3. The minimum absolute atomic E-state index is 0.0585. The van der Waals surface area contributed by atoms with E-state index in [-0.39, 0.29) is 11.3 Å². The fourth-order valence-corrected chi connectivity index (χ4v) is 2.42. The molecule has 0 fully saturated rings. The van der Waals surface area contributed by atoms with Gasteiger partial charge in [-0.3, -0.25) is 0 Å². The second-order valence-electron chi connectivity index (χ2n) is 5.13. The number of ether oxygens (including phenoxy) is 3. The van der Waals surface area contributed by atoms with Crippen LogP contribution in [0, 0.1) is 0 Å². The van der Waals surface area contributed by atoms with Crippen molar-refractivity contribution >= 4 is 29.2 Å². The number of esters is 1. The second-order valence-corrected chi connectivity index (χ2v) is 5.84. The summed E-state index contributed by atoms with van der Waals surface area (Å²) in [4.78, 5) is 24.1. The zero-order chi connectivity index (χ0) is 18.9. The van der Waals surface area contributed by atoms with Crippen molar-refractivity contribution in [1.82, 2.24) is 15.0 Å². The molecule has 0 aliphatic carbocycles. The number of carbonyl (C=O) groups is 1. The number of alkyl halides is 1. The van der Waals surface area contributed by atoms with Crippen molar-refractivity contribution in [3.8, 4) is 11.8 Å². The van der Waals surface area contributed by atoms with Crippen molar-refractivity contribution in [2.24, 2.45) is 0 Å². The van der Waals surface area contributed by atoms with Crippen LogP contribution >= 0.6 is 23.2 Å². The molecular formula is C17H19Cl2N3O4. The SMILES string of the molecule is CCOc1nc(Cl)nc(Cc2ccc(C(=O)OC)c(OCCCCl)c2)n1. The molecule has 0 unspecified atom stereocenters. The summed E-state index contributed by atoms with van der Waals surface area (Å²) in [5.41, 5.74) is 1.18. The third kappa shape index (κ3) is 5.71. The molecule has 0 N–H and O–H groups in total. The Balaban J connectivity index is 2.26. The Morgan fingerprint density at radius 3 is 2.69 bits per heavy atom. The maximum atomic E-state index is 11.9. The van der Waals surface area contributed by atoms with E-state index in [0.717, 1.165) is 5.56 Å². The molecule has 7 nitrogen and oxygen atoms in total. The normalized spacial score (nSPS) is 10.5. The van der Waals surface area contributed by atoms with E-state index >= 15 is 0 Å². The minimum Gasteiger partial charge on any atom is -0.493 e. The van der Waals surface area contributed by atoms with Crippen LogP contribution in [0.3, 0.4) is 0 Å². The lowest BCUT2D eigenvalue weighted by atomic mass is 10.1. The minimum atomic E-state index is -0.473.